The molecule has 0 bridgehead atoms. The molecule has 5 nitrogen and oxygen atoms in total. The van der Waals surface area contributed by atoms with Crippen molar-refractivity contribution in [2.24, 2.45) is 0 Å². The molecule has 1 aromatic rings. The normalized spacial score (nSPS) is 12.0. The minimum absolute atomic E-state index is 0.0946. The highest BCUT2D eigenvalue weighted by Crippen LogP contribution is 2.09. The number of esters is 1. The minimum Gasteiger partial charge on any atom is -0.465 e. The van der Waals surface area contributed by atoms with Crippen molar-refractivity contribution in [3.63, 3.8) is 0 Å². The van der Waals surface area contributed by atoms with Crippen LogP contribution >= 0.6 is 0 Å². The van der Waals surface area contributed by atoms with Gasteiger partial charge in [-0.15, -0.1) is 0 Å². The van der Waals surface area contributed by atoms with Crippen LogP contribution < -0.4 is 5.32 Å². The largest absolute Gasteiger partial charge is 0.465 e. The van der Waals surface area contributed by atoms with Crippen molar-refractivity contribution in [3.05, 3.63) is 35.9 Å². The van der Waals surface area contributed by atoms with E-state index in [0.717, 1.165) is 5.56 Å². The average Bonchev–Trinajstić information content (AvgIpc) is 2.46. The maximum Gasteiger partial charge on any atom is 0.320 e. The first-order chi connectivity index (χ1) is 9.58. The van der Waals surface area contributed by atoms with Gasteiger partial charge in [-0.2, -0.15) is 0 Å². The summed E-state index contributed by atoms with van der Waals surface area (Å²) in [5.41, 5.74) is 1.05. The summed E-state index contributed by atoms with van der Waals surface area (Å²) in [5.74, 6) is -0.440. The first-order valence-corrected chi connectivity index (χ1v) is 6.73. The van der Waals surface area contributed by atoms with E-state index in [0.29, 0.717) is 13.2 Å². The lowest BCUT2D eigenvalue weighted by molar-refractivity contribution is -0.145. The summed E-state index contributed by atoms with van der Waals surface area (Å²) < 4.78 is 4.96. The van der Waals surface area contributed by atoms with Crippen LogP contribution in [0.3, 0.4) is 0 Å². The molecule has 0 spiro atoms. The van der Waals surface area contributed by atoms with Gasteiger partial charge in [-0.3, -0.25) is 14.5 Å². The number of likely N-dealkylation sites (N-methyl/N-ethyl adjacent to an activating group) is 1. The van der Waals surface area contributed by atoms with E-state index in [1.807, 2.05) is 30.3 Å². The third kappa shape index (κ3) is 5.01. The lowest BCUT2D eigenvalue weighted by Crippen LogP contribution is -2.46. The molecule has 110 valence electrons. The molecule has 1 N–H and O–H groups in total. The molecule has 0 aliphatic carbocycles. The molecule has 0 radical (unpaired) electrons. The van der Waals surface area contributed by atoms with Crippen LogP contribution in [0.5, 0.6) is 0 Å². The highest BCUT2D eigenvalue weighted by atomic mass is 16.5. The molecule has 0 fully saturated rings. The minimum atomic E-state index is -0.399. The van der Waals surface area contributed by atoms with Crippen LogP contribution in [-0.4, -0.2) is 43.0 Å². The average molecular weight is 278 g/mol. The van der Waals surface area contributed by atoms with Crippen molar-refractivity contribution >= 4 is 11.9 Å². The SMILES string of the molecule is CCOC(=O)CN(Cc1ccccc1)C(C)C(=O)NC. The summed E-state index contributed by atoms with van der Waals surface area (Å²) in [6.07, 6.45) is 0. The van der Waals surface area contributed by atoms with Gasteiger partial charge in [-0.05, 0) is 19.4 Å². The third-order valence-electron chi connectivity index (χ3n) is 3.04. The topological polar surface area (TPSA) is 58.6 Å². The van der Waals surface area contributed by atoms with Crippen LogP contribution in [0, 0.1) is 0 Å². The van der Waals surface area contributed by atoms with Gasteiger partial charge in [-0.1, -0.05) is 30.3 Å². The van der Waals surface area contributed by atoms with E-state index in [-0.39, 0.29) is 18.4 Å². The summed E-state index contributed by atoms with van der Waals surface area (Å²) in [7, 11) is 1.59. The fourth-order valence-corrected chi connectivity index (χ4v) is 1.89. The maximum absolute atomic E-state index is 11.8. The highest BCUT2D eigenvalue weighted by Gasteiger charge is 2.23. The lowest BCUT2D eigenvalue weighted by Gasteiger charge is -2.26. The second-order valence-electron chi connectivity index (χ2n) is 4.49. The van der Waals surface area contributed by atoms with Gasteiger partial charge in [0.05, 0.1) is 19.2 Å². The molecule has 1 aromatic carbocycles. The Balaban J connectivity index is 2.78. The van der Waals surface area contributed by atoms with Crippen molar-refractivity contribution in [1.29, 1.82) is 0 Å². The summed E-state index contributed by atoms with van der Waals surface area (Å²) >= 11 is 0. The number of amides is 1. The third-order valence-corrected chi connectivity index (χ3v) is 3.04. The van der Waals surface area contributed by atoms with E-state index in [4.69, 9.17) is 4.74 Å². The summed E-state index contributed by atoms with van der Waals surface area (Å²) in [6, 6.07) is 9.33. The van der Waals surface area contributed by atoms with Crippen LogP contribution in [0.1, 0.15) is 19.4 Å². The Morgan fingerprint density at radius 3 is 2.50 bits per heavy atom. The van der Waals surface area contributed by atoms with E-state index in [2.05, 4.69) is 5.32 Å². The number of benzene rings is 1. The molecule has 1 rings (SSSR count). The smallest absolute Gasteiger partial charge is 0.320 e. The van der Waals surface area contributed by atoms with Crippen LogP contribution in [0.4, 0.5) is 0 Å². The monoisotopic (exact) mass is 278 g/mol. The Labute approximate surface area is 119 Å². The number of hydrogen-bond donors (Lipinski definition) is 1. The van der Waals surface area contributed by atoms with E-state index in [1.54, 1.807) is 25.8 Å². The molecule has 20 heavy (non-hydrogen) atoms. The van der Waals surface area contributed by atoms with Gasteiger partial charge in [0, 0.05) is 13.6 Å². The van der Waals surface area contributed by atoms with Gasteiger partial charge in [0.2, 0.25) is 5.91 Å². The number of hydrogen-bond acceptors (Lipinski definition) is 4. The van der Waals surface area contributed by atoms with E-state index in [9.17, 15) is 9.59 Å². The number of nitrogens with zero attached hydrogens (tertiary/aromatic N) is 1. The Bertz CT molecular complexity index is 434. The zero-order valence-corrected chi connectivity index (χ0v) is 12.3. The van der Waals surface area contributed by atoms with Crippen LogP contribution in [0.25, 0.3) is 0 Å². The molecule has 1 amide bonds. The van der Waals surface area contributed by atoms with Crippen molar-refractivity contribution < 1.29 is 14.3 Å². The van der Waals surface area contributed by atoms with E-state index in [1.165, 1.54) is 0 Å². The Kier molecular flexibility index (Phi) is 6.73. The van der Waals surface area contributed by atoms with Gasteiger partial charge >= 0.3 is 5.97 Å². The van der Waals surface area contributed by atoms with Crippen LogP contribution in [-0.2, 0) is 20.9 Å². The maximum atomic E-state index is 11.8. The van der Waals surface area contributed by atoms with Crippen LogP contribution in [0.15, 0.2) is 30.3 Å². The highest BCUT2D eigenvalue weighted by molar-refractivity contribution is 5.82. The second-order valence-corrected chi connectivity index (χ2v) is 4.49. The van der Waals surface area contributed by atoms with Crippen molar-refractivity contribution in [2.45, 2.75) is 26.4 Å². The first kappa shape index (κ1) is 16.2. The molecule has 0 saturated heterocycles. The van der Waals surface area contributed by atoms with Crippen LogP contribution in [0.2, 0.25) is 0 Å². The van der Waals surface area contributed by atoms with Crippen molar-refractivity contribution in [3.8, 4) is 0 Å². The van der Waals surface area contributed by atoms with Gasteiger partial charge in [0.15, 0.2) is 0 Å². The molecule has 0 aliphatic heterocycles. The van der Waals surface area contributed by atoms with E-state index >= 15 is 0 Å². The summed E-state index contributed by atoms with van der Waals surface area (Å²) in [5, 5.41) is 2.60. The quantitative estimate of drug-likeness (QED) is 0.761. The fraction of sp³-hybridized carbons (Fsp3) is 0.467. The van der Waals surface area contributed by atoms with Gasteiger partial charge in [-0.25, -0.2) is 0 Å². The lowest BCUT2D eigenvalue weighted by atomic mass is 10.1. The zero-order valence-electron chi connectivity index (χ0n) is 12.3. The number of carbonyl (C=O) groups is 2. The zero-order chi connectivity index (χ0) is 15.0. The molecular weight excluding hydrogens is 256 g/mol. The Hall–Kier alpha value is -1.88. The standard InChI is InChI=1S/C15H22N2O3/c1-4-20-14(18)11-17(12(2)15(19)16-3)10-13-8-6-5-7-9-13/h5-9,12H,4,10-11H2,1-3H3,(H,16,19). The number of carbonyl (C=O) groups excluding carboxylic acids is 2. The molecule has 0 aliphatic rings. The predicted octanol–water partition coefficient (Wildman–Crippen LogP) is 1.19. The van der Waals surface area contributed by atoms with E-state index < -0.39 is 6.04 Å². The number of nitrogens with one attached hydrogen (secondary N) is 1. The number of ether oxygens (including phenoxy) is 1. The first-order valence-electron chi connectivity index (χ1n) is 6.73. The van der Waals surface area contributed by atoms with Crippen molar-refractivity contribution in [2.75, 3.05) is 20.2 Å². The molecule has 1 atom stereocenters. The molecule has 0 heterocycles. The van der Waals surface area contributed by atoms with Gasteiger partial charge in [0.25, 0.3) is 0 Å². The Morgan fingerprint density at radius 2 is 1.95 bits per heavy atom. The van der Waals surface area contributed by atoms with Gasteiger partial charge < -0.3 is 10.1 Å². The second kappa shape index (κ2) is 8.32. The van der Waals surface area contributed by atoms with Crippen molar-refractivity contribution in [1.82, 2.24) is 10.2 Å². The summed E-state index contributed by atoms with van der Waals surface area (Å²) in [4.78, 5) is 25.2. The van der Waals surface area contributed by atoms with Gasteiger partial charge in [0.1, 0.15) is 0 Å². The number of rotatable bonds is 7. The molecule has 1 unspecified atom stereocenters. The molecule has 5 heteroatoms. The molecule has 0 aromatic heterocycles. The Morgan fingerprint density at radius 1 is 1.30 bits per heavy atom. The summed E-state index contributed by atoms with van der Waals surface area (Å²) in [6.45, 7) is 4.50. The predicted molar refractivity (Wildman–Crippen MR) is 77.0 cm³/mol. The fourth-order valence-electron chi connectivity index (χ4n) is 1.89. The molecule has 0 saturated carbocycles. The molecular formula is C15H22N2O3.